The molecule has 0 saturated carbocycles. The quantitative estimate of drug-likeness (QED) is 0.808. The lowest BCUT2D eigenvalue weighted by Crippen LogP contribution is -2.15. The Kier molecular flexibility index (Phi) is 3.61. The molecule has 98 valence electrons. The number of hydrogen-bond acceptors (Lipinski definition) is 3. The van der Waals surface area contributed by atoms with Crippen LogP contribution in [-0.4, -0.2) is 25.8 Å². The predicted octanol–water partition coefficient (Wildman–Crippen LogP) is 1.22. The lowest BCUT2D eigenvalue weighted by atomic mass is 10.1. The first kappa shape index (κ1) is 12.8. The summed E-state index contributed by atoms with van der Waals surface area (Å²) in [7, 11) is 0. The molecule has 0 spiro atoms. The number of rotatable bonds is 4. The fourth-order valence-corrected chi connectivity index (χ4v) is 1.81. The fraction of sp³-hybridized carbons (Fsp3) is 0.154. The molecule has 1 heterocycles. The van der Waals surface area contributed by atoms with Crippen molar-refractivity contribution in [3.63, 3.8) is 0 Å². The number of carbonyl (C=O) groups is 1. The smallest absolute Gasteiger partial charge is 0.347 e. The average molecular weight is 259 g/mol. The van der Waals surface area contributed by atoms with E-state index in [0.29, 0.717) is 0 Å². The monoisotopic (exact) mass is 259 g/mol. The van der Waals surface area contributed by atoms with Crippen LogP contribution in [0.1, 0.15) is 18.1 Å². The molecule has 0 bridgehead atoms. The molecule has 0 fully saturated rings. The second-order valence-electron chi connectivity index (χ2n) is 3.94. The van der Waals surface area contributed by atoms with Crippen LogP contribution in [-0.2, 0) is 11.2 Å². The molecule has 0 radical (unpaired) electrons. The number of H-pyrrole nitrogens is 1. The summed E-state index contributed by atoms with van der Waals surface area (Å²) >= 11 is 0. The van der Waals surface area contributed by atoms with Gasteiger partial charge < -0.3 is 5.11 Å². The van der Waals surface area contributed by atoms with Gasteiger partial charge in [-0.15, -0.1) is 0 Å². The zero-order valence-electron chi connectivity index (χ0n) is 10.3. The van der Waals surface area contributed by atoms with Crippen LogP contribution in [0.15, 0.2) is 35.4 Å². The molecule has 0 saturated heterocycles. The molecule has 0 aliphatic carbocycles. The number of benzene rings is 1. The lowest BCUT2D eigenvalue weighted by Gasteiger charge is -2.08. The lowest BCUT2D eigenvalue weighted by molar-refractivity contribution is -0.131. The molecular weight excluding hydrogens is 246 g/mol. The van der Waals surface area contributed by atoms with E-state index in [0.717, 1.165) is 29.3 Å². The molecule has 0 amide bonds. The number of aryl methyl sites for hydroxylation is 1. The van der Waals surface area contributed by atoms with Gasteiger partial charge in [-0.1, -0.05) is 13.0 Å². The van der Waals surface area contributed by atoms with Crippen LogP contribution in [0.3, 0.4) is 0 Å². The van der Waals surface area contributed by atoms with Crippen LogP contribution in [0.5, 0.6) is 0 Å². The molecule has 2 aromatic rings. The first-order valence-corrected chi connectivity index (χ1v) is 5.78. The summed E-state index contributed by atoms with van der Waals surface area (Å²) in [5.74, 6) is -0.992. The summed E-state index contributed by atoms with van der Waals surface area (Å²) in [5, 5.41) is 14.6. The first-order chi connectivity index (χ1) is 9.11. The van der Waals surface area contributed by atoms with Gasteiger partial charge in [0.15, 0.2) is 0 Å². The van der Waals surface area contributed by atoms with Gasteiger partial charge in [-0.3, -0.25) is 0 Å². The van der Waals surface area contributed by atoms with Gasteiger partial charge in [-0.05, 0) is 35.8 Å². The minimum Gasteiger partial charge on any atom is -0.478 e. The van der Waals surface area contributed by atoms with E-state index in [1.54, 1.807) is 12.1 Å². The van der Waals surface area contributed by atoms with Crippen molar-refractivity contribution in [1.82, 2.24) is 14.8 Å². The van der Waals surface area contributed by atoms with E-state index in [1.165, 1.54) is 17.0 Å². The number of aromatic amines is 1. The van der Waals surface area contributed by atoms with E-state index >= 15 is 0 Å². The van der Waals surface area contributed by atoms with E-state index in [4.69, 9.17) is 5.11 Å². The van der Waals surface area contributed by atoms with Gasteiger partial charge >= 0.3 is 11.7 Å². The van der Waals surface area contributed by atoms with Crippen LogP contribution >= 0.6 is 0 Å². The van der Waals surface area contributed by atoms with Crippen molar-refractivity contribution in [2.45, 2.75) is 13.3 Å². The SMILES string of the molecule is CCc1cc(/C=C/C(=O)O)ccc1-n1cn[nH]c1=O. The van der Waals surface area contributed by atoms with Crippen LogP contribution in [0.25, 0.3) is 11.8 Å². The summed E-state index contributed by atoms with van der Waals surface area (Å²) in [6.45, 7) is 1.97. The molecule has 2 N–H and O–H groups in total. The zero-order valence-corrected chi connectivity index (χ0v) is 10.3. The third kappa shape index (κ3) is 2.79. The molecule has 1 aromatic carbocycles. The summed E-state index contributed by atoms with van der Waals surface area (Å²) < 4.78 is 1.42. The highest BCUT2D eigenvalue weighted by molar-refractivity contribution is 5.85. The molecule has 6 nitrogen and oxygen atoms in total. The molecule has 0 aliphatic heterocycles. The Balaban J connectivity index is 2.45. The van der Waals surface area contributed by atoms with Gasteiger partial charge in [0.2, 0.25) is 0 Å². The molecule has 0 aliphatic rings. The average Bonchev–Trinajstić information content (AvgIpc) is 2.82. The van der Waals surface area contributed by atoms with E-state index in [1.807, 2.05) is 13.0 Å². The molecule has 2 rings (SSSR count). The van der Waals surface area contributed by atoms with Gasteiger partial charge in [0, 0.05) is 6.08 Å². The number of carboxylic acid groups (broad SMARTS) is 1. The minimum absolute atomic E-state index is 0.302. The van der Waals surface area contributed by atoms with Gasteiger partial charge in [-0.25, -0.2) is 19.3 Å². The number of nitrogens with zero attached hydrogens (tertiary/aromatic N) is 2. The van der Waals surface area contributed by atoms with Crippen molar-refractivity contribution >= 4 is 12.0 Å². The maximum Gasteiger partial charge on any atom is 0.347 e. The first-order valence-electron chi connectivity index (χ1n) is 5.78. The molecule has 19 heavy (non-hydrogen) atoms. The maximum absolute atomic E-state index is 11.5. The van der Waals surface area contributed by atoms with E-state index in [9.17, 15) is 9.59 Å². The molecule has 1 aromatic heterocycles. The molecule has 0 atom stereocenters. The topological polar surface area (TPSA) is 88.0 Å². The maximum atomic E-state index is 11.5. The van der Waals surface area contributed by atoms with Gasteiger partial charge in [0.05, 0.1) is 5.69 Å². The van der Waals surface area contributed by atoms with Crippen LogP contribution in [0.2, 0.25) is 0 Å². The number of nitrogens with one attached hydrogen (secondary N) is 1. The number of hydrogen-bond donors (Lipinski definition) is 2. The number of carboxylic acids is 1. The molecular formula is C13H13N3O3. The van der Waals surface area contributed by atoms with Crippen molar-refractivity contribution < 1.29 is 9.90 Å². The number of aliphatic carboxylic acids is 1. The van der Waals surface area contributed by atoms with Crippen molar-refractivity contribution in [2.75, 3.05) is 0 Å². The van der Waals surface area contributed by atoms with Gasteiger partial charge in [0.25, 0.3) is 0 Å². The highest BCUT2D eigenvalue weighted by atomic mass is 16.4. The normalized spacial score (nSPS) is 11.0. The predicted molar refractivity (Wildman–Crippen MR) is 70.2 cm³/mol. The van der Waals surface area contributed by atoms with Crippen molar-refractivity contribution in [3.8, 4) is 5.69 Å². The van der Waals surface area contributed by atoms with Crippen LogP contribution < -0.4 is 5.69 Å². The van der Waals surface area contributed by atoms with Crippen molar-refractivity contribution in [2.24, 2.45) is 0 Å². The fourth-order valence-electron chi connectivity index (χ4n) is 1.81. The molecule has 6 heteroatoms. The van der Waals surface area contributed by atoms with E-state index in [2.05, 4.69) is 10.2 Å². The third-order valence-corrected chi connectivity index (χ3v) is 2.71. The minimum atomic E-state index is -0.992. The standard InChI is InChI=1S/C13H13N3O3/c1-2-10-7-9(4-6-12(17)18)3-5-11(10)16-8-14-15-13(16)19/h3-8H,2H2,1H3,(H,15,19)(H,17,18)/b6-4+. The summed E-state index contributed by atoms with van der Waals surface area (Å²) in [6, 6.07) is 5.39. The Bertz CT molecular complexity index is 682. The van der Waals surface area contributed by atoms with Gasteiger partial charge in [-0.2, -0.15) is 5.10 Å². The third-order valence-electron chi connectivity index (χ3n) is 2.71. The van der Waals surface area contributed by atoms with E-state index < -0.39 is 5.97 Å². The van der Waals surface area contributed by atoms with Crippen LogP contribution in [0.4, 0.5) is 0 Å². The van der Waals surface area contributed by atoms with Crippen LogP contribution in [0, 0.1) is 0 Å². The Morgan fingerprint density at radius 2 is 2.32 bits per heavy atom. The van der Waals surface area contributed by atoms with Gasteiger partial charge in [0.1, 0.15) is 6.33 Å². The molecule has 0 unspecified atom stereocenters. The Morgan fingerprint density at radius 1 is 1.53 bits per heavy atom. The highest BCUT2D eigenvalue weighted by Gasteiger charge is 2.06. The Labute approximate surface area is 109 Å². The second-order valence-corrected chi connectivity index (χ2v) is 3.94. The Morgan fingerprint density at radius 3 is 2.89 bits per heavy atom. The highest BCUT2D eigenvalue weighted by Crippen LogP contribution is 2.16. The van der Waals surface area contributed by atoms with Crippen molar-refractivity contribution in [1.29, 1.82) is 0 Å². The second kappa shape index (κ2) is 5.34. The Hall–Kier alpha value is -2.63. The zero-order chi connectivity index (χ0) is 13.8. The van der Waals surface area contributed by atoms with Crippen molar-refractivity contribution in [3.05, 3.63) is 52.2 Å². The van der Waals surface area contributed by atoms with E-state index in [-0.39, 0.29) is 5.69 Å². The summed E-state index contributed by atoms with van der Waals surface area (Å²) in [4.78, 5) is 22.0. The number of aromatic nitrogens is 3. The summed E-state index contributed by atoms with van der Waals surface area (Å²) in [5.41, 5.74) is 2.16. The largest absolute Gasteiger partial charge is 0.478 e. The summed E-state index contributed by atoms with van der Waals surface area (Å²) in [6.07, 6.45) is 4.74.